The molecule has 1 aliphatic heterocycles. The number of rotatable bonds is 1. The van der Waals surface area contributed by atoms with Crippen molar-refractivity contribution in [3.63, 3.8) is 0 Å². The normalized spacial score (nSPS) is 34.7. The van der Waals surface area contributed by atoms with Gasteiger partial charge >= 0.3 is 0 Å². The largest absolute Gasteiger partial charge is 0.277 e. The fourth-order valence-corrected chi connectivity index (χ4v) is 1.38. The zero-order chi connectivity index (χ0) is 9.35. The van der Waals surface area contributed by atoms with Crippen LogP contribution in [0.3, 0.4) is 0 Å². The third kappa shape index (κ3) is 1.63. The molecule has 12 heavy (non-hydrogen) atoms. The van der Waals surface area contributed by atoms with Crippen molar-refractivity contribution in [3.05, 3.63) is 12.2 Å². The van der Waals surface area contributed by atoms with Gasteiger partial charge in [0.1, 0.15) is 5.17 Å². The monoisotopic (exact) mass is 229 g/mol. The number of aliphatic imine (C=N–C) groups is 1. The van der Waals surface area contributed by atoms with Crippen molar-refractivity contribution in [1.29, 1.82) is 0 Å². The summed E-state index contributed by atoms with van der Waals surface area (Å²) >= 11 is 15.8. The summed E-state index contributed by atoms with van der Waals surface area (Å²) in [6, 6.07) is 0. The van der Waals surface area contributed by atoms with Gasteiger partial charge < -0.3 is 0 Å². The van der Waals surface area contributed by atoms with Gasteiger partial charge in [-0.25, -0.2) is 9.38 Å². The molecule has 0 aliphatic carbocycles. The minimum atomic E-state index is -2.44. The number of dihydropyridines is 1. The van der Waals surface area contributed by atoms with Crippen LogP contribution < -0.4 is 0 Å². The van der Waals surface area contributed by atoms with Crippen molar-refractivity contribution < 1.29 is 9.18 Å². The predicted molar refractivity (Wildman–Crippen MR) is 46.8 cm³/mol. The van der Waals surface area contributed by atoms with Crippen LogP contribution >= 0.6 is 34.8 Å². The van der Waals surface area contributed by atoms with Gasteiger partial charge in [0.05, 0.1) is 0 Å². The van der Waals surface area contributed by atoms with Gasteiger partial charge in [0.15, 0.2) is 5.50 Å². The Morgan fingerprint density at radius 3 is 2.75 bits per heavy atom. The zero-order valence-electron chi connectivity index (χ0n) is 5.60. The predicted octanol–water partition coefficient (Wildman–Crippen LogP) is 2.23. The number of allylic oxidation sites excluding steroid dienone is 1. The Labute approximate surface area is 83.0 Å². The highest BCUT2D eigenvalue weighted by atomic mass is 35.5. The molecule has 0 amide bonds. The SMILES string of the molecule is O=C(Cl)C1(F)C=CC(Cl)=NC1Cl. The van der Waals surface area contributed by atoms with Crippen LogP contribution in [0.15, 0.2) is 17.1 Å². The van der Waals surface area contributed by atoms with Crippen LogP contribution in [0.2, 0.25) is 0 Å². The van der Waals surface area contributed by atoms with Gasteiger partial charge in [0, 0.05) is 0 Å². The zero-order valence-corrected chi connectivity index (χ0v) is 7.87. The van der Waals surface area contributed by atoms with E-state index < -0.39 is 16.4 Å². The van der Waals surface area contributed by atoms with Crippen LogP contribution in [0.4, 0.5) is 4.39 Å². The minimum absolute atomic E-state index is 0.0428. The molecule has 2 nitrogen and oxygen atoms in total. The van der Waals surface area contributed by atoms with E-state index in [9.17, 15) is 9.18 Å². The second kappa shape index (κ2) is 3.32. The molecule has 66 valence electrons. The highest BCUT2D eigenvalue weighted by Crippen LogP contribution is 2.30. The molecule has 0 saturated heterocycles. The molecule has 6 heteroatoms. The lowest BCUT2D eigenvalue weighted by Crippen LogP contribution is -2.39. The van der Waals surface area contributed by atoms with E-state index in [4.69, 9.17) is 34.8 Å². The summed E-state index contributed by atoms with van der Waals surface area (Å²) in [5.41, 5.74) is -3.83. The van der Waals surface area contributed by atoms with Crippen molar-refractivity contribution in [1.82, 2.24) is 0 Å². The molecule has 2 atom stereocenters. The molecule has 0 bridgehead atoms. The van der Waals surface area contributed by atoms with E-state index in [1.807, 2.05) is 0 Å². The van der Waals surface area contributed by atoms with E-state index in [2.05, 4.69) is 4.99 Å². The first-order valence-electron chi connectivity index (χ1n) is 2.92. The highest BCUT2D eigenvalue weighted by molar-refractivity contribution is 6.69. The Morgan fingerprint density at radius 1 is 1.75 bits per heavy atom. The fraction of sp³-hybridized carbons (Fsp3) is 0.333. The van der Waals surface area contributed by atoms with Crippen molar-refractivity contribution in [3.8, 4) is 0 Å². The first-order valence-corrected chi connectivity index (χ1v) is 4.11. The van der Waals surface area contributed by atoms with Crippen LogP contribution in [0.5, 0.6) is 0 Å². The Bertz CT molecular complexity index is 278. The van der Waals surface area contributed by atoms with E-state index >= 15 is 0 Å². The van der Waals surface area contributed by atoms with Crippen LogP contribution in [0.25, 0.3) is 0 Å². The summed E-state index contributed by atoms with van der Waals surface area (Å²) in [5.74, 6) is 0. The molecule has 0 fully saturated rings. The summed E-state index contributed by atoms with van der Waals surface area (Å²) in [6.45, 7) is 0. The fourth-order valence-electron chi connectivity index (χ4n) is 0.674. The molecular weight excluding hydrogens is 227 g/mol. The minimum Gasteiger partial charge on any atom is -0.277 e. The van der Waals surface area contributed by atoms with Crippen LogP contribution in [0, 0.1) is 0 Å². The molecule has 0 N–H and O–H groups in total. The molecule has 0 radical (unpaired) electrons. The quantitative estimate of drug-likeness (QED) is 0.386. The van der Waals surface area contributed by atoms with E-state index in [0.29, 0.717) is 0 Å². The molecule has 0 aromatic carbocycles. The molecule has 2 unspecified atom stereocenters. The molecule has 1 heterocycles. The summed E-state index contributed by atoms with van der Waals surface area (Å²) in [5, 5.41) is -1.16. The Balaban J connectivity index is 2.99. The summed E-state index contributed by atoms with van der Waals surface area (Å²) < 4.78 is 13.4. The second-order valence-electron chi connectivity index (χ2n) is 2.16. The number of carbonyl (C=O) groups is 1. The third-order valence-corrected chi connectivity index (χ3v) is 2.28. The van der Waals surface area contributed by atoms with Crippen molar-refractivity contribution in [2.75, 3.05) is 0 Å². The molecule has 0 aromatic rings. The number of halogens is 4. The number of carbonyl (C=O) groups excluding carboxylic acids is 1. The van der Waals surface area contributed by atoms with Crippen molar-refractivity contribution >= 4 is 45.2 Å². The van der Waals surface area contributed by atoms with Crippen molar-refractivity contribution in [2.45, 2.75) is 11.2 Å². The van der Waals surface area contributed by atoms with Gasteiger partial charge in [-0.15, -0.1) is 0 Å². The summed E-state index contributed by atoms with van der Waals surface area (Å²) in [6.07, 6.45) is 2.04. The smallest absolute Gasteiger partial charge is 0.266 e. The van der Waals surface area contributed by atoms with Crippen LogP contribution in [-0.2, 0) is 4.79 Å². The highest BCUT2D eigenvalue weighted by Gasteiger charge is 2.44. The lowest BCUT2D eigenvalue weighted by atomic mass is 10.1. The van der Waals surface area contributed by atoms with Gasteiger partial charge in [0.2, 0.25) is 5.67 Å². The Kier molecular flexibility index (Phi) is 2.76. The third-order valence-electron chi connectivity index (χ3n) is 1.35. The topological polar surface area (TPSA) is 29.4 Å². The van der Waals surface area contributed by atoms with Crippen LogP contribution in [0.1, 0.15) is 0 Å². The number of nitrogens with zero attached hydrogens (tertiary/aromatic N) is 1. The molecule has 1 rings (SSSR count). The maximum atomic E-state index is 13.4. The van der Waals surface area contributed by atoms with Gasteiger partial charge in [-0.05, 0) is 23.8 Å². The van der Waals surface area contributed by atoms with Gasteiger partial charge in [0.25, 0.3) is 5.24 Å². The average molecular weight is 230 g/mol. The molecule has 0 spiro atoms. The van der Waals surface area contributed by atoms with E-state index in [1.165, 1.54) is 0 Å². The summed E-state index contributed by atoms with van der Waals surface area (Å²) in [4.78, 5) is 14.0. The molecular formula is C6H3Cl3FNO. The Morgan fingerprint density at radius 2 is 2.33 bits per heavy atom. The van der Waals surface area contributed by atoms with E-state index in [0.717, 1.165) is 12.2 Å². The first-order chi connectivity index (χ1) is 5.47. The average Bonchev–Trinajstić information content (AvgIpc) is 1.97. The van der Waals surface area contributed by atoms with Gasteiger partial charge in [-0.2, -0.15) is 0 Å². The number of alkyl halides is 2. The number of hydrogen-bond acceptors (Lipinski definition) is 2. The Hall–Kier alpha value is -0.120. The molecule has 0 aromatic heterocycles. The summed E-state index contributed by atoms with van der Waals surface area (Å²) in [7, 11) is 0. The lowest BCUT2D eigenvalue weighted by molar-refractivity contribution is -0.119. The van der Waals surface area contributed by atoms with E-state index in [-0.39, 0.29) is 5.17 Å². The van der Waals surface area contributed by atoms with Gasteiger partial charge in [-0.1, -0.05) is 23.2 Å². The standard InChI is InChI=1S/C6H3Cl3FNO/c7-3-1-2-6(10,5(9)12)4(8)11-3/h1-2,4H. The molecule has 0 saturated carbocycles. The lowest BCUT2D eigenvalue weighted by Gasteiger charge is -2.22. The van der Waals surface area contributed by atoms with E-state index in [1.54, 1.807) is 0 Å². The first kappa shape index (κ1) is 9.96. The maximum absolute atomic E-state index is 13.4. The molecule has 1 aliphatic rings. The van der Waals surface area contributed by atoms with Gasteiger partial charge in [-0.3, -0.25) is 4.79 Å². The second-order valence-corrected chi connectivity index (χ2v) is 3.31. The number of hydrogen-bond donors (Lipinski definition) is 0. The maximum Gasteiger partial charge on any atom is 0.266 e. The van der Waals surface area contributed by atoms with Crippen LogP contribution in [-0.4, -0.2) is 21.6 Å². The van der Waals surface area contributed by atoms with Crippen molar-refractivity contribution in [2.24, 2.45) is 4.99 Å².